The molecule has 3 heterocycles. The van der Waals surface area contributed by atoms with Crippen LogP contribution in [-0.2, 0) is 0 Å². The first-order valence-corrected chi connectivity index (χ1v) is 9.34. The lowest BCUT2D eigenvalue weighted by molar-refractivity contribution is 0.330. The van der Waals surface area contributed by atoms with E-state index in [9.17, 15) is 0 Å². The zero-order valence-corrected chi connectivity index (χ0v) is 14.9. The molecule has 2 aromatic heterocycles. The molecule has 0 radical (unpaired) electrons. The van der Waals surface area contributed by atoms with Gasteiger partial charge in [0.2, 0.25) is 0 Å². The number of nitrogens with one attached hydrogen (secondary N) is 1. The molecule has 1 saturated carbocycles. The van der Waals surface area contributed by atoms with E-state index in [2.05, 4.69) is 51.2 Å². The maximum atomic E-state index is 5.59. The van der Waals surface area contributed by atoms with Gasteiger partial charge in [0.25, 0.3) is 0 Å². The number of aromatic nitrogens is 2. The molecule has 5 heteroatoms. The van der Waals surface area contributed by atoms with Crippen molar-refractivity contribution < 1.29 is 0 Å². The Labute approximate surface area is 148 Å². The van der Waals surface area contributed by atoms with Crippen LogP contribution in [0, 0.1) is 0 Å². The Morgan fingerprint density at radius 2 is 2.08 bits per heavy atom. The van der Waals surface area contributed by atoms with E-state index in [1.807, 2.05) is 18.3 Å². The van der Waals surface area contributed by atoms with Gasteiger partial charge < -0.3 is 14.8 Å². The molecule has 0 amide bonds. The maximum Gasteiger partial charge on any atom is 0.170 e. The Morgan fingerprint density at radius 3 is 2.79 bits per heavy atom. The molecule has 1 aliphatic heterocycles. The first-order chi connectivity index (χ1) is 11.8. The van der Waals surface area contributed by atoms with Gasteiger partial charge in [-0.25, -0.2) is 0 Å². The average Bonchev–Trinajstić information content (AvgIpc) is 3.34. The van der Waals surface area contributed by atoms with Crippen LogP contribution in [0.25, 0.3) is 0 Å². The maximum absolute atomic E-state index is 5.59. The molecule has 1 N–H and O–H groups in total. The van der Waals surface area contributed by atoms with Crippen molar-refractivity contribution in [3.63, 3.8) is 0 Å². The van der Waals surface area contributed by atoms with E-state index in [-0.39, 0.29) is 12.1 Å². The lowest BCUT2D eigenvalue weighted by Gasteiger charge is -2.26. The average molecular weight is 340 g/mol. The van der Waals surface area contributed by atoms with Crippen LogP contribution in [0.1, 0.15) is 62.0 Å². The fraction of sp³-hybridized carbons (Fsp3) is 0.474. The SMILES string of the molecule is CCN1C(=S)N[C@@H](c2ccccn2)[C@H]1c1ccn(C2CCCC2)c1. The molecule has 4 rings (SSSR count). The van der Waals surface area contributed by atoms with Crippen LogP contribution in [0.3, 0.4) is 0 Å². The topological polar surface area (TPSA) is 33.1 Å². The van der Waals surface area contributed by atoms with Gasteiger partial charge in [-0.1, -0.05) is 18.9 Å². The summed E-state index contributed by atoms with van der Waals surface area (Å²) >= 11 is 5.59. The van der Waals surface area contributed by atoms with Crippen LogP contribution in [0.15, 0.2) is 42.9 Å². The van der Waals surface area contributed by atoms with E-state index in [1.54, 1.807) is 0 Å². The predicted octanol–water partition coefficient (Wildman–Crippen LogP) is 3.99. The minimum Gasteiger partial charge on any atom is -0.352 e. The standard InChI is InChI=1S/C19H24N4S/c1-2-23-18(14-10-12-22(13-14)15-7-3-4-8-15)17(21-19(23)24)16-9-5-6-11-20-16/h5-6,9-13,15,17-18H,2-4,7-8H2,1H3,(H,21,24)/t17-,18+/m0/s1. The molecule has 1 aliphatic carbocycles. The Hall–Kier alpha value is -1.88. The minimum absolute atomic E-state index is 0.109. The number of pyridine rings is 1. The molecule has 126 valence electrons. The Bertz CT molecular complexity index is 705. The van der Waals surface area contributed by atoms with Gasteiger partial charge in [0.1, 0.15) is 0 Å². The monoisotopic (exact) mass is 340 g/mol. The molecule has 0 aromatic carbocycles. The summed E-state index contributed by atoms with van der Waals surface area (Å²) in [7, 11) is 0. The van der Waals surface area contributed by atoms with Crippen molar-refractivity contribution in [3.05, 3.63) is 54.1 Å². The van der Waals surface area contributed by atoms with Gasteiger partial charge in [0.05, 0.1) is 17.8 Å². The molecule has 0 bridgehead atoms. The smallest absolute Gasteiger partial charge is 0.170 e. The van der Waals surface area contributed by atoms with Gasteiger partial charge in [-0.15, -0.1) is 0 Å². The van der Waals surface area contributed by atoms with Crippen molar-refractivity contribution in [2.75, 3.05) is 6.54 Å². The van der Waals surface area contributed by atoms with Crippen LogP contribution < -0.4 is 5.32 Å². The zero-order chi connectivity index (χ0) is 16.5. The lowest BCUT2D eigenvalue weighted by atomic mass is 9.99. The molecule has 0 unspecified atom stereocenters. The minimum atomic E-state index is 0.109. The summed E-state index contributed by atoms with van der Waals surface area (Å²) in [6.45, 7) is 3.06. The van der Waals surface area contributed by atoms with E-state index in [4.69, 9.17) is 12.2 Å². The fourth-order valence-electron chi connectivity index (χ4n) is 4.14. The van der Waals surface area contributed by atoms with Gasteiger partial charge in [-0.3, -0.25) is 4.98 Å². The molecule has 2 aromatic rings. The van der Waals surface area contributed by atoms with Crippen LogP contribution in [-0.4, -0.2) is 26.1 Å². The molecular formula is C19H24N4S. The highest BCUT2D eigenvalue weighted by molar-refractivity contribution is 7.80. The van der Waals surface area contributed by atoms with Crippen LogP contribution in [0.2, 0.25) is 0 Å². The normalized spacial score (nSPS) is 24.5. The first kappa shape index (κ1) is 15.6. The molecule has 2 fully saturated rings. The molecule has 2 atom stereocenters. The van der Waals surface area contributed by atoms with Gasteiger partial charge in [0.15, 0.2) is 5.11 Å². The second-order valence-corrected chi connectivity index (χ2v) is 7.13. The molecule has 24 heavy (non-hydrogen) atoms. The number of hydrogen-bond donors (Lipinski definition) is 1. The Morgan fingerprint density at radius 1 is 1.25 bits per heavy atom. The van der Waals surface area contributed by atoms with Gasteiger partial charge >= 0.3 is 0 Å². The summed E-state index contributed by atoms with van der Waals surface area (Å²) in [5, 5.41) is 4.31. The van der Waals surface area contributed by atoms with E-state index in [0.717, 1.165) is 17.4 Å². The Balaban J connectivity index is 1.67. The molecule has 2 aliphatic rings. The van der Waals surface area contributed by atoms with Crippen molar-refractivity contribution in [2.24, 2.45) is 0 Å². The number of hydrogen-bond acceptors (Lipinski definition) is 2. The highest BCUT2D eigenvalue weighted by Gasteiger charge is 2.39. The highest BCUT2D eigenvalue weighted by Crippen LogP contribution is 2.39. The van der Waals surface area contributed by atoms with E-state index in [0.29, 0.717) is 6.04 Å². The lowest BCUT2D eigenvalue weighted by Crippen LogP contribution is -2.29. The highest BCUT2D eigenvalue weighted by atomic mass is 32.1. The van der Waals surface area contributed by atoms with Crippen molar-refractivity contribution >= 4 is 17.3 Å². The summed E-state index contributed by atoms with van der Waals surface area (Å²) in [6.07, 6.45) is 11.7. The van der Waals surface area contributed by atoms with Gasteiger partial charge in [-0.05, 0) is 55.7 Å². The summed E-state index contributed by atoms with van der Waals surface area (Å²) in [4.78, 5) is 6.85. The number of thiocarbonyl (C=S) groups is 1. The molecule has 0 spiro atoms. The van der Waals surface area contributed by atoms with Crippen LogP contribution in [0.4, 0.5) is 0 Å². The van der Waals surface area contributed by atoms with Crippen molar-refractivity contribution in [3.8, 4) is 0 Å². The summed E-state index contributed by atoms with van der Waals surface area (Å²) in [5.74, 6) is 0. The molecule has 4 nitrogen and oxygen atoms in total. The number of nitrogens with zero attached hydrogens (tertiary/aromatic N) is 3. The third-order valence-corrected chi connectivity index (χ3v) is 5.72. The molecule has 1 saturated heterocycles. The molecular weight excluding hydrogens is 316 g/mol. The second-order valence-electron chi connectivity index (χ2n) is 6.74. The summed E-state index contributed by atoms with van der Waals surface area (Å²) in [6, 6.07) is 9.33. The predicted molar refractivity (Wildman–Crippen MR) is 99.8 cm³/mol. The summed E-state index contributed by atoms with van der Waals surface area (Å²) < 4.78 is 2.41. The summed E-state index contributed by atoms with van der Waals surface area (Å²) in [5.41, 5.74) is 2.38. The van der Waals surface area contributed by atoms with E-state index < -0.39 is 0 Å². The van der Waals surface area contributed by atoms with Gasteiger partial charge in [0, 0.05) is 31.2 Å². The second kappa shape index (κ2) is 6.55. The quantitative estimate of drug-likeness (QED) is 0.853. The van der Waals surface area contributed by atoms with E-state index >= 15 is 0 Å². The first-order valence-electron chi connectivity index (χ1n) is 8.93. The van der Waals surface area contributed by atoms with Crippen LogP contribution >= 0.6 is 12.2 Å². The zero-order valence-electron chi connectivity index (χ0n) is 14.1. The Kier molecular flexibility index (Phi) is 4.27. The van der Waals surface area contributed by atoms with Crippen molar-refractivity contribution in [1.82, 2.24) is 19.8 Å². The van der Waals surface area contributed by atoms with Crippen molar-refractivity contribution in [1.29, 1.82) is 0 Å². The van der Waals surface area contributed by atoms with Gasteiger partial charge in [-0.2, -0.15) is 0 Å². The van der Waals surface area contributed by atoms with E-state index in [1.165, 1.54) is 31.2 Å². The number of rotatable bonds is 4. The van der Waals surface area contributed by atoms with Crippen LogP contribution in [0.5, 0.6) is 0 Å². The largest absolute Gasteiger partial charge is 0.352 e. The number of likely N-dealkylation sites (N-methyl/N-ethyl adjacent to an activating group) is 1. The van der Waals surface area contributed by atoms with Crippen molar-refractivity contribution in [2.45, 2.75) is 50.7 Å². The fourth-order valence-corrected chi connectivity index (χ4v) is 4.51. The third kappa shape index (κ3) is 2.71. The third-order valence-electron chi connectivity index (χ3n) is 5.36.